The van der Waals surface area contributed by atoms with Crippen molar-refractivity contribution >= 4 is 29.7 Å². The summed E-state index contributed by atoms with van der Waals surface area (Å²) in [5, 5.41) is 7.04. The van der Waals surface area contributed by atoms with Gasteiger partial charge in [-0.15, -0.1) is 0 Å². The molecule has 0 atom stereocenters. The van der Waals surface area contributed by atoms with Crippen molar-refractivity contribution in [2.45, 2.75) is 39.7 Å². The molecule has 0 bridgehead atoms. The number of carbonyl (C=O) groups excluding carboxylic acids is 4. The Balaban J connectivity index is 2.46. The molecule has 0 saturated carbocycles. The standard InChI is InChI=1S/C18H25N3O6/c1-5-10-19-16(24)21-14(22)11-26-15(23)12-6-8-13(9-7-12)20-17(25)27-18(2,3)4/h6-9H,5,10-11H2,1-4H3,(H,20,25)(H2,19,21,22,24). The van der Waals surface area contributed by atoms with Crippen molar-refractivity contribution in [3.8, 4) is 0 Å². The summed E-state index contributed by atoms with van der Waals surface area (Å²) in [6.07, 6.45) is 0.117. The van der Waals surface area contributed by atoms with E-state index in [1.54, 1.807) is 20.8 Å². The van der Waals surface area contributed by atoms with Crippen LogP contribution in [0.3, 0.4) is 0 Å². The number of nitrogens with one attached hydrogen (secondary N) is 3. The second kappa shape index (κ2) is 10.1. The minimum absolute atomic E-state index is 0.188. The summed E-state index contributed by atoms with van der Waals surface area (Å²) in [5.74, 6) is -1.47. The molecule has 0 heterocycles. The van der Waals surface area contributed by atoms with E-state index >= 15 is 0 Å². The smallest absolute Gasteiger partial charge is 0.412 e. The van der Waals surface area contributed by atoms with Crippen molar-refractivity contribution in [2.75, 3.05) is 18.5 Å². The first kappa shape index (κ1) is 21.9. The molecule has 4 amide bonds. The first-order valence-corrected chi connectivity index (χ1v) is 8.45. The van der Waals surface area contributed by atoms with Crippen molar-refractivity contribution in [1.29, 1.82) is 0 Å². The second-order valence-corrected chi connectivity index (χ2v) is 6.58. The molecule has 0 radical (unpaired) electrons. The van der Waals surface area contributed by atoms with E-state index in [1.165, 1.54) is 24.3 Å². The van der Waals surface area contributed by atoms with Crippen molar-refractivity contribution in [2.24, 2.45) is 0 Å². The van der Waals surface area contributed by atoms with E-state index in [4.69, 9.17) is 9.47 Å². The van der Waals surface area contributed by atoms with Gasteiger partial charge in [0.1, 0.15) is 5.60 Å². The Labute approximate surface area is 157 Å². The fraction of sp³-hybridized carbons (Fsp3) is 0.444. The SMILES string of the molecule is CCCNC(=O)NC(=O)COC(=O)c1ccc(NC(=O)OC(C)(C)C)cc1. The maximum Gasteiger partial charge on any atom is 0.412 e. The first-order valence-electron chi connectivity index (χ1n) is 8.45. The van der Waals surface area contributed by atoms with E-state index in [1.807, 2.05) is 12.2 Å². The van der Waals surface area contributed by atoms with E-state index in [0.717, 1.165) is 6.42 Å². The molecule has 0 aliphatic heterocycles. The van der Waals surface area contributed by atoms with E-state index in [2.05, 4.69) is 10.6 Å². The largest absolute Gasteiger partial charge is 0.452 e. The summed E-state index contributed by atoms with van der Waals surface area (Å²) in [5.41, 5.74) is 0.00101. The van der Waals surface area contributed by atoms with Gasteiger partial charge in [0.15, 0.2) is 6.61 Å². The molecule has 9 nitrogen and oxygen atoms in total. The molecule has 1 aromatic carbocycles. The van der Waals surface area contributed by atoms with Gasteiger partial charge in [-0.1, -0.05) is 6.92 Å². The third kappa shape index (κ3) is 9.24. The van der Waals surface area contributed by atoms with Gasteiger partial charge in [-0.3, -0.25) is 15.4 Å². The predicted octanol–water partition coefficient (Wildman–Crippen LogP) is 2.43. The molecule has 0 unspecified atom stereocenters. The molecule has 9 heteroatoms. The van der Waals surface area contributed by atoms with E-state index in [9.17, 15) is 19.2 Å². The summed E-state index contributed by atoms with van der Waals surface area (Å²) >= 11 is 0. The highest BCUT2D eigenvalue weighted by atomic mass is 16.6. The van der Waals surface area contributed by atoms with Crippen LogP contribution >= 0.6 is 0 Å². The quantitative estimate of drug-likeness (QED) is 0.652. The number of anilines is 1. The van der Waals surface area contributed by atoms with Gasteiger partial charge in [0, 0.05) is 12.2 Å². The normalized spacial score (nSPS) is 10.5. The molecule has 0 saturated heterocycles. The number of carbonyl (C=O) groups is 4. The van der Waals surface area contributed by atoms with Crippen LogP contribution in [-0.2, 0) is 14.3 Å². The number of hydrogen-bond donors (Lipinski definition) is 3. The van der Waals surface area contributed by atoms with E-state index in [0.29, 0.717) is 12.2 Å². The highest BCUT2D eigenvalue weighted by Gasteiger charge is 2.16. The Bertz CT molecular complexity index is 679. The maximum absolute atomic E-state index is 11.9. The molecule has 1 rings (SSSR count). The van der Waals surface area contributed by atoms with Gasteiger partial charge in [0.05, 0.1) is 5.56 Å². The average molecular weight is 379 g/mol. The molecular weight excluding hydrogens is 354 g/mol. The molecule has 1 aromatic rings. The van der Waals surface area contributed by atoms with Crippen LogP contribution < -0.4 is 16.0 Å². The molecule has 0 aliphatic rings. The zero-order valence-electron chi connectivity index (χ0n) is 15.9. The van der Waals surface area contributed by atoms with Gasteiger partial charge in [0.2, 0.25) is 0 Å². The van der Waals surface area contributed by atoms with Crippen LogP contribution in [0.25, 0.3) is 0 Å². The number of rotatable bonds is 6. The van der Waals surface area contributed by atoms with Crippen LogP contribution in [-0.4, -0.2) is 42.8 Å². The lowest BCUT2D eigenvalue weighted by molar-refractivity contribution is -0.123. The highest BCUT2D eigenvalue weighted by molar-refractivity contribution is 5.97. The lowest BCUT2D eigenvalue weighted by Gasteiger charge is -2.19. The number of esters is 1. The molecule has 0 spiro atoms. The summed E-state index contributed by atoms with van der Waals surface area (Å²) in [6, 6.07) is 5.22. The Morgan fingerprint density at radius 1 is 1.04 bits per heavy atom. The number of benzene rings is 1. The average Bonchev–Trinajstić information content (AvgIpc) is 2.56. The van der Waals surface area contributed by atoms with Crippen LogP contribution in [0.5, 0.6) is 0 Å². The zero-order chi connectivity index (χ0) is 20.4. The van der Waals surface area contributed by atoms with Gasteiger partial charge in [0.25, 0.3) is 5.91 Å². The van der Waals surface area contributed by atoms with Crippen molar-refractivity contribution in [1.82, 2.24) is 10.6 Å². The van der Waals surface area contributed by atoms with Crippen LogP contribution in [0.4, 0.5) is 15.3 Å². The number of imide groups is 1. The van der Waals surface area contributed by atoms with Crippen LogP contribution in [0.15, 0.2) is 24.3 Å². The molecular formula is C18H25N3O6. The molecule has 0 aromatic heterocycles. The molecule has 0 aliphatic carbocycles. The van der Waals surface area contributed by atoms with Gasteiger partial charge in [-0.2, -0.15) is 0 Å². The van der Waals surface area contributed by atoms with Gasteiger partial charge < -0.3 is 14.8 Å². The van der Waals surface area contributed by atoms with E-state index in [-0.39, 0.29) is 5.56 Å². The summed E-state index contributed by atoms with van der Waals surface area (Å²) in [7, 11) is 0. The molecule has 148 valence electrons. The summed E-state index contributed by atoms with van der Waals surface area (Å²) in [4.78, 5) is 46.4. The molecule has 3 N–H and O–H groups in total. The molecule has 27 heavy (non-hydrogen) atoms. The fourth-order valence-electron chi connectivity index (χ4n) is 1.77. The third-order valence-electron chi connectivity index (χ3n) is 2.89. The minimum Gasteiger partial charge on any atom is -0.452 e. The number of urea groups is 1. The summed E-state index contributed by atoms with van der Waals surface area (Å²) in [6.45, 7) is 6.96. The maximum atomic E-state index is 11.9. The van der Waals surface area contributed by atoms with Gasteiger partial charge in [-0.25, -0.2) is 14.4 Å². The van der Waals surface area contributed by atoms with Crippen LogP contribution in [0.1, 0.15) is 44.5 Å². The van der Waals surface area contributed by atoms with Crippen LogP contribution in [0, 0.1) is 0 Å². The van der Waals surface area contributed by atoms with Crippen molar-refractivity contribution < 1.29 is 28.7 Å². The number of ether oxygens (including phenoxy) is 2. The Morgan fingerprint density at radius 2 is 1.67 bits per heavy atom. The first-order chi connectivity index (χ1) is 12.6. The Kier molecular flexibility index (Phi) is 8.25. The highest BCUT2D eigenvalue weighted by Crippen LogP contribution is 2.13. The number of hydrogen-bond acceptors (Lipinski definition) is 6. The topological polar surface area (TPSA) is 123 Å². The zero-order valence-corrected chi connectivity index (χ0v) is 15.9. The fourth-order valence-corrected chi connectivity index (χ4v) is 1.77. The molecule has 0 fully saturated rings. The van der Waals surface area contributed by atoms with Gasteiger partial charge in [-0.05, 0) is 51.5 Å². The van der Waals surface area contributed by atoms with Gasteiger partial charge >= 0.3 is 18.1 Å². The number of amides is 4. The summed E-state index contributed by atoms with van der Waals surface area (Å²) < 4.78 is 9.96. The lowest BCUT2D eigenvalue weighted by Crippen LogP contribution is -2.41. The van der Waals surface area contributed by atoms with Crippen molar-refractivity contribution in [3.05, 3.63) is 29.8 Å². The Hall–Kier alpha value is -3.10. The predicted molar refractivity (Wildman–Crippen MR) is 98.4 cm³/mol. The Morgan fingerprint density at radius 3 is 2.22 bits per heavy atom. The van der Waals surface area contributed by atoms with Crippen LogP contribution in [0.2, 0.25) is 0 Å². The minimum atomic E-state index is -0.736. The monoisotopic (exact) mass is 379 g/mol. The van der Waals surface area contributed by atoms with Crippen molar-refractivity contribution in [3.63, 3.8) is 0 Å². The van der Waals surface area contributed by atoms with E-state index < -0.39 is 36.2 Å². The second-order valence-electron chi connectivity index (χ2n) is 6.58. The lowest BCUT2D eigenvalue weighted by atomic mass is 10.2. The third-order valence-corrected chi connectivity index (χ3v) is 2.89.